The molecule has 7 nitrogen and oxygen atoms in total. The first kappa shape index (κ1) is 17.9. The summed E-state index contributed by atoms with van der Waals surface area (Å²) in [5.74, 6) is -0.344. The number of H-pyrrole nitrogens is 1. The standard InChI is InChI=1S/C19H22N4O3/c1-14-4-6-15(7-5-14)21-17(24)13-22-9-11-23(12-10-22)19(26)16-3-2-8-20-18(16)25/h2-8H,9-13H2,1H3,(H,20,25)(H,21,24). The van der Waals surface area contributed by atoms with Crippen LogP contribution >= 0.6 is 0 Å². The van der Waals surface area contributed by atoms with Crippen LogP contribution in [0.5, 0.6) is 0 Å². The molecule has 1 aliphatic rings. The molecule has 7 heteroatoms. The van der Waals surface area contributed by atoms with Gasteiger partial charge in [-0.1, -0.05) is 17.7 Å². The minimum Gasteiger partial charge on any atom is -0.336 e. The van der Waals surface area contributed by atoms with E-state index >= 15 is 0 Å². The number of aromatic amines is 1. The maximum absolute atomic E-state index is 12.4. The van der Waals surface area contributed by atoms with Crippen LogP contribution in [0.3, 0.4) is 0 Å². The third-order valence-corrected chi connectivity index (χ3v) is 4.41. The molecule has 26 heavy (non-hydrogen) atoms. The molecule has 2 aromatic rings. The molecular formula is C19H22N4O3. The zero-order valence-corrected chi connectivity index (χ0v) is 14.7. The summed E-state index contributed by atoms with van der Waals surface area (Å²) in [4.78, 5) is 42.5. The maximum Gasteiger partial charge on any atom is 0.260 e. The van der Waals surface area contributed by atoms with Crippen molar-refractivity contribution in [2.45, 2.75) is 6.92 Å². The van der Waals surface area contributed by atoms with Crippen molar-refractivity contribution in [1.29, 1.82) is 0 Å². The quantitative estimate of drug-likeness (QED) is 0.860. The number of piperazine rings is 1. The fourth-order valence-electron chi connectivity index (χ4n) is 2.91. The number of carbonyl (C=O) groups excluding carboxylic acids is 2. The lowest BCUT2D eigenvalue weighted by atomic mass is 10.2. The van der Waals surface area contributed by atoms with E-state index in [-0.39, 0.29) is 29.5 Å². The van der Waals surface area contributed by atoms with E-state index in [2.05, 4.69) is 10.3 Å². The zero-order chi connectivity index (χ0) is 18.5. The maximum atomic E-state index is 12.4. The minimum atomic E-state index is -0.377. The third kappa shape index (κ3) is 4.37. The van der Waals surface area contributed by atoms with Crippen molar-refractivity contribution in [3.63, 3.8) is 0 Å². The van der Waals surface area contributed by atoms with Crippen molar-refractivity contribution < 1.29 is 9.59 Å². The third-order valence-electron chi connectivity index (χ3n) is 4.41. The Labute approximate surface area is 151 Å². The van der Waals surface area contributed by atoms with Gasteiger partial charge in [-0.3, -0.25) is 19.3 Å². The lowest BCUT2D eigenvalue weighted by Crippen LogP contribution is -2.51. The molecular weight excluding hydrogens is 332 g/mol. The van der Waals surface area contributed by atoms with Gasteiger partial charge >= 0.3 is 0 Å². The van der Waals surface area contributed by atoms with Gasteiger partial charge in [-0.05, 0) is 31.2 Å². The van der Waals surface area contributed by atoms with Crippen molar-refractivity contribution in [2.24, 2.45) is 0 Å². The highest BCUT2D eigenvalue weighted by atomic mass is 16.2. The number of nitrogens with zero attached hydrogens (tertiary/aromatic N) is 2. The second-order valence-corrected chi connectivity index (χ2v) is 6.40. The van der Waals surface area contributed by atoms with Gasteiger partial charge in [0.25, 0.3) is 11.5 Å². The van der Waals surface area contributed by atoms with E-state index in [0.29, 0.717) is 26.2 Å². The summed E-state index contributed by atoms with van der Waals surface area (Å²) in [6.07, 6.45) is 1.50. The molecule has 3 rings (SSSR count). The fourth-order valence-corrected chi connectivity index (χ4v) is 2.91. The summed E-state index contributed by atoms with van der Waals surface area (Å²) in [5.41, 5.74) is 1.69. The highest BCUT2D eigenvalue weighted by Gasteiger charge is 2.24. The SMILES string of the molecule is Cc1ccc(NC(=O)CN2CCN(C(=O)c3ccc[nH]c3=O)CC2)cc1. The van der Waals surface area contributed by atoms with E-state index in [9.17, 15) is 14.4 Å². The molecule has 0 atom stereocenters. The Kier molecular flexibility index (Phi) is 5.48. The molecule has 0 saturated carbocycles. The van der Waals surface area contributed by atoms with E-state index in [1.165, 1.54) is 12.3 Å². The average molecular weight is 354 g/mol. The molecule has 1 aromatic heterocycles. The molecule has 1 aliphatic heterocycles. The number of nitrogens with one attached hydrogen (secondary N) is 2. The van der Waals surface area contributed by atoms with E-state index in [4.69, 9.17) is 0 Å². The molecule has 0 unspecified atom stereocenters. The van der Waals surface area contributed by atoms with Gasteiger partial charge in [0.15, 0.2) is 0 Å². The first-order valence-electron chi connectivity index (χ1n) is 8.59. The Balaban J connectivity index is 1.50. The number of aromatic nitrogens is 1. The number of benzene rings is 1. The van der Waals surface area contributed by atoms with Gasteiger partial charge in [0.2, 0.25) is 5.91 Å². The molecule has 2 heterocycles. The smallest absolute Gasteiger partial charge is 0.260 e. The van der Waals surface area contributed by atoms with Gasteiger partial charge < -0.3 is 15.2 Å². The van der Waals surface area contributed by atoms with Crippen molar-refractivity contribution in [2.75, 3.05) is 38.0 Å². The van der Waals surface area contributed by atoms with Crippen molar-refractivity contribution in [1.82, 2.24) is 14.8 Å². The highest BCUT2D eigenvalue weighted by molar-refractivity contribution is 5.94. The van der Waals surface area contributed by atoms with Gasteiger partial charge in [-0.15, -0.1) is 0 Å². The zero-order valence-electron chi connectivity index (χ0n) is 14.7. The highest BCUT2D eigenvalue weighted by Crippen LogP contribution is 2.10. The minimum absolute atomic E-state index is 0.0758. The van der Waals surface area contributed by atoms with E-state index < -0.39 is 0 Å². The van der Waals surface area contributed by atoms with Gasteiger partial charge in [0.1, 0.15) is 5.56 Å². The molecule has 136 valence electrons. The van der Waals surface area contributed by atoms with Crippen LogP contribution in [0.15, 0.2) is 47.4 Å². The first-order valence-corrected chi connectivity index (χ1v) is 8.59. The van der Waals surface area contributed by atoms with Gasteiger partial charge in [0.05, 0.1) is 6.54 Å². The number of amides is 2. The number of pyridine rings is 1. The number of hydrogen-bond acceptors (Lipinski definition) is 4. The molecule has 1 saturated heterocycles. The number of anilines is 1. The van der Waals surface area contributed by atoms with Crippen LogP contribution in [0.4, 0.5) is 5.69 Å². The van der Waals surface area contributed by atoms with E-state index in [1.54, 1.807) is 11.0 Å². The van der Waals surface area contributed by atoms with Gasteiger partial charge in [-0.2, -0.15) is 0 Å². The Bertz CT molecular complexity index is 836. The lowest BCUT2D eigenvalue weighted by Gasteiger charge is -2.34. The average Bonchev–Trinajstić information content (AvgIpc) is 2.64. The van der Waals surface area contributed by atoms with Crippen LogP contribution in [-0.2, 0) is 4.79 Å². The predicted molar refractivity (Wildman–Crippen MR) is 99.2 cm³/mol. The summed E-state index contributed by atoms with van der Waals surface area (Å²) in [6, 6.07) is 10.8. The Morgan fingerprint density at radius 3 is 2.42 bits per heavy atom. The number of hydrogen-bond donors (Lipinski definition) is 2. The number of rotatable bonds is 4. The Morgan fingerprint density at radius 2 is 1.77 bits per heavy atom. The Morgan fingerprint density at radius 1 is 1.08 bits per heavy atom. The van der Waals surface area contributed by atoms with Crippen molar-refractivity contribution in [3.8, 4) is 0 Å². The van der Waals surface area contributed by atoms with Crippen molar-refractivity contribution in [3.05, 3.63) is 64.1 Å². The van der Waals surface area contributed by atoms with Crippen LogP contribution in [0.1, 0.15) is 15.9 Å². The second kappa shape index (κ2) is 7.97. The molecule has 0 radical (unpaired) electrons. The monoisotopic (exact) mass is 354 g/mol. The lowest BCUT2D eigenvalue weighted by molar-refractivity contribution is -0.117. The van der Waals surface area contributed by atoms with E-state index in [1.807, 2.05) is 36.1 Å². The summed E-state index contributed by atoms with van der Waals surface area (Å²) in [6.45, 7) is 4.45. The van der Waals surface area contributed by atoms with Crippen molar-refractivity contribution >= 4 is 17.5 Å². The summed E-state index contributed by atoms with van der Waals surface area (Å²) in [7, 11) is 0. The van der Waals surface area contributed by atoms with Gasteiger partial charge in [0, 0.05) is 38.1 Å². The van der Waals surface area contributed by atoms with Gasteiger partial charge in [-0.25, -0.2) is 0 Å². The largest absolute Gasteiger partial charge is 0.336 e. The second-order valence-electron chi connectivity index (χ2n) is 6.40. The fraction of sp³-hybridized carbons (Fsp3) is 0.316. The molecule has 0 bridgehead atoms. The van der Waals surface area contributed by atoms with Crippen LogP contribution in [-0.4, -0.2) is 59.3 Å². The van der Waals surface area contributed by atoms with Crippen LogP contribution < -0.4 is 10.9 Å². The molecule has 0 spiro atoms. The number of aryl methyl sites for hydroxylation is 1. The molecule has 1 fully saturated rings. The Hall–Kier alpha value is -2.93. The molecule has 2 N–H and O–H groups in total. The summed E-state index contributed by atoms with van der Waals surface area (Å²) < 4.78 is 0. The normalized spacial score (nSPS) is 14.9. The summed E-state index contributed by atoms with van der Waals surface area (Å²) in [5, 5.41) is 2.88. The molecule has 2 amide bonds. The van der Waals surface area contributed by atoms with Crippen LogP contribution in [0, 0.1) is 6.92 Å². The van der Waals surface area contributed by atoms with Crippen LogP contribution in [0.25, 0.3) is 0 Å². The summed E-state index contributed by atoms with van der Waals surface area (Å²) >= 11 is 0. The van der Waals surface area contributed by atoms with Crippen LogP contribution in [0.2, 0.25) is 0 Å². The molecule has 1 aromatic carbocycles. The predicted octanol–water partition coefficient (Wildman–Crippen LogP) is 1.08. The van der Waals surface area contributed by atoms with E-state index in [0.717, 1.165) is 11.3 Å². The first-order chi connectivity index (χ1) is 12.5. The number of carbonyl (C=O) groups is 2. The molecule has 0 aliphatic carbocycles. The topological polar surface area (TPSA) is 85.5 Å².